The van der Waals surface area contributed by atoms with Gasteiger partial charge in [-0.05, 0) is 97.7 Å². The number of rotatable bonds is 0. The standard InChI is InChI=1S/C31H37ClN2O5S/c1-30-14-12-23(30)18-34-19-31(13-5-6-21-16-24(32)9-10-25(21)31)20-39-27-11-8-22(17-26(27)34)29(36)33-40(37,38)15-4-2-3-7-28(30)35/h2-3,8-11,16-17,23,28,35H,4-7,12-15,18-20H2,1H3,(H,33,36)/b3-2+/t23-,28-,30-,31-/m0/s1. The number of amides is 1. The molecule has 0 unspecified atom stereocenters. The molecule has 1 spiro atoms. The smallest absolute Gasteiger partial charge is 0.264 e. The molecule has 4 atom stereocenters. The van der Waals surface area contributed by atoms with Gasteiger partial charge in [0.1, 0.15) is 5.75 Å². The topological polar surface area (TPSA) is 95.9 Å². The molecule has 1 fully saturated rings. The Morgan fingerprint density at radius 1 is 1.15 bits per heavy atom. The number of hydrogen-bond donors (Lipinski definition) is 2. The summed E-state index contributed by atoms with van der Waals surface area (Å²) in [6, 6.07) is 11.3. The van der Waals surface area contributed by atoms with Gasteiger partial charge < -0.3 is 14.7 Å². The predicted molar refractivity (Wildman–Crippen MR) is 157 cm³/mol. The van der Waals surface area contributed by atoms with Crippen LogP contribution < -0.4 is 14.4 Å². The summed E-state index contributed by atoms with van der Waals surface area (Å²) in [5.41, 5.74) is 3.07. The van der Waals surface area contributed by atoms with E-state index in [1.165, 1.54) is 11.1 Å². The van der Waals surface area contributed by atoms with Gasteiger partial charge in [-0.2, -0.15) is 0 Å². The van der Waals surface area contributed by atoms with Crippen LogP contribution in [0.15, 0.2) is 48.6 Å². The summed E-state index contributed by atoms with van der Waals surface area (Å²) in [5, 5.41) is 12.0. The molecular formula is C31H37ClN2O5S. The van der Waals surface area contributed by atoms with E-state index in [9.17, 15) is 18.3 Å². The molecule has 6 rings (SSSR count). The van der Waals surface area contributed by atoms with Crippen molar-refractivity contribution < 1.29 is 23.1 Å². The highest BCUT2D eigenvalue weighted by atomic mass is 35.5. The Bertz CT molecular complexity index is 1460. The molecule has 2 aliphatic heterocycles. The van der Waals surface area contributed by atoms with Gasteiger partial charge in [-0.25, -0.2) is 13.1 Å². The molecule has 214 valence electrons. The van der Waals surface area contributed by atoms with Crippen LogP contribution in [0.25, 0.3) is 0 Å². The van der Waals surface area contributed by atoms with Crippen LogP contribution in [0.4, 0.5) is 5.69 Å². The Kier molecular flexibility index (Phi) is 7.16. The lowest BCUT2D eigenvalue weighted by Crippen LogP contribution is -2.53. The number of aryl methyl sites for hydroxylation is 1. The number of aliphatic hydroxyl groups is 1. The summed E-state index contributed by atoms with van der Waals surface area (Å²) in [6.45, 7) is 4.07. The van der Waals surface area contributed by atoms with Crippen molar-refractivity contribution >= 4 is 33.2 Å². The number of benzene rings is 2. The minimum Gasteiger partial charge on any atom is -0.490 e. The van der Waals surface area contributed by atoms with Gasteiger partial charge in [-0.15, -0.1) is 0 Å². The number of nitrogens with one attached hydrogen (secondary N) is 1. The number of ether oxygens (including phenoxy) is 1. The molecule has 40 heavy (non-hydrogen) atoms. The van der Waals surface area contributed by atoms with Crippen molar-refractivity contribution in [1.82, 2.24) is 4.72 Å². The number of allylic oxidation sites excluding steroid dienone is 1. The molecule has 2 N–H and O–H groups in total. The molecule has 2 heterocycles. The quantitative estimate of drug-likeness (QED) is 0.423. The Hall–Kier alpha value is -2.55. The van der Waals surface area contributed by atoms with Crippen molar-refractivity contribution in [3.05, 3.63) is 70.3 Å². The Labute approximate surface area is 241 Å². The van der Waals surface area contributed by atoms with Crippen LogP contribution in [0.3, 0.4) is 0 Å². The molecule has 0 radical (unpaired) electrons. The molecule has 0 saturated heterocycles. The number of hydrogen-bond acceptors (Lipinski definition) is 6. The number of carbonyl (C=O) groups excluding carboxylic acids is 1. The van der Waals surface area contributed by atoms with Crippen LogP contribution in [-0.2, 0) is 21.9 Å². The van der Waals surface area contributed by atoms with E-state index in [1.54, 1.807) is 24.3 Å². The summed E-state index contributed by atoms with van der Waals surface area (Å²) in [6.07, 6.45) is 8.80. The fourth-order valence-electron chi connectivity index (χ4n) is 7.15. The predicted octanol–water partition coefficient (Wildman–Crippen LogP) is 5.00. The van der Waals surface area contributed by atoms with E-state index >= 15 is 0 Å². The highest BCUT2D eigenvalue weighted by Gasteiger charge is 2.49. The van der Waals surface area contributed by atoms with E-state index in [0.717, 1.165) is 42.8 Å². The maximum absolute atomic E-state index is 13.1. The second-order valence-corrected chi connectivity index (χ2v) is 14.6. The maximum Gasteiger partial charge on any atom is 0.264 e. The van der Waals surface area contributed by atoms with Crippen molar-refractivity contribution in [3.8, 4) is 5.75 Å². The first-order valence-corrected chi connectivity index (χ1v) is 16.3. The van der Waals surface area contributed by atoms with E-state index in [4.69, 9.17) is 16.3 Å². The molecule has 2 aliphatic carbocycles. The summed E-state index contributed by atoms with van der Waals surface area (Å²) in [5.74, 6) is 0.109. The third kappa shape index (κ3) is 5.03. The van der Waals surface area contributed by atoms with E-state index in [1.807, 2.05) is 12.1 Å². The number of sulfonamides is 1. The van der Waals surface area contributed by atoms with Gasteiger partial charge in [0.05, 0.1) is 24.2 Å². The number of carbonyl (C=O) groups is 1. The van der Waals surface area contributed by atoms with Gasteiger partial charge in [-0.1, -0.05) is 36.7 Å². The van der Waals surface area contributed by atoms with E-state index in [-0.39, 0.29) is 34.5 Å². The highest BCUT2D eigenvalue weighted by molar-refractivity contribution is 7.90. The fraction of sp³-hybridized carbons (Fsp3) is 0.516. The lowest BCUT2D eigenvalue weighted by atomic mass is 9.57. The minimum atomic E-state index is -3.81. The second kappa shape index (κ2) is 10.4. The molecule has 9 heteroatoms. The van der Waals surface area contributed by atoms with Crippen molar-refractivity contribution in [2.75, 3.05) is 30.3 Å². The first-order chi connectivity index (χ1) is 19.1. The normalized spacial score (nSPS) is 32.5. The Morgan fingerprint density at radius 2 is 2.00 bits per heavy atom. The van der Waals surface area contributed by atoms with E-state index in [2.05, 4.69) is 28.7 Å². The monoisotopic (exact) mass is 584 g/mol. The van der Waals surface area contributed by atoms with Crippen LogP contribution in [0.5, 0.6) is 5.75 Å². The van der Waals surface area contributed by atoms with Gasteiger partial charge in [0, 0.05) is 29.1 Å². The van der Waals surface area contributed by atoms with Crippen LogP contribution in [0.1, 0.15) is 66.9 Å². The molecule has 2 aromatic carbocycles. The average molecular weight is 585 g/mol. The summed E-state index contributed by atoms with van der Waals surface area (Å²) >= 11 is 6.38. The molecule has 1 amide bonds. The molecule has 4 aliphatic rings. The minimum absolute atomic E-state index is 0.197. The van der Waals surface area contributed by atoms with Crippen LogP contribution >= 0.6 is 11.6 Å². The zero-order valence-corrected chi connectivity index (χ0v) is 24.4. The summed E-state index contributed by atoms with van der Waals surface area (Å²) in [7, 11) is -3.81. The van der Waals surface area contributed by atoms with E-state index < -0.39 is 22.0 Å². The molecule has 0 aromatic heterocycles. The largest absolute Gasteiger partial charge is 0.490 e. The zero-order valence-electron chi connectivity index (χ0n) is 22.9. The Morgan fingerprint density at radius 3 is 2.80 bits per heavy atom. The molecule has 2 bridgehead atoms. The first kappa shape index (κ1) is 27.6. The van der Waals surface area contributed by atoms with Gasteiger partial charge in [0.15, 0.2) is 0 Å². The van der Waals surface area contributed by atoms with E-state index in [0.29, 0.717) is 31.9 Å². The fourth-order valence-corrected chi connectivity index (χ4v) is 8.29. The molecule has 1 saturated carbocycles. The third-order valence-electron chi connectivity index (χ3n) is 9.79. The van der Waals surface area contributed by atoms with Crippen molar-refractivity contribution in [2.45, 2.75) is 63.4 Å². The summed E-state index contributed by atoms with van der Waals surface area (Å²) < 4.78 is 34.0. The van der Waals surface area contributed by atoms with Crippen LogP contribution in [0.2, 0.25) is 5.02 Å². The first-order valence-electron chi connectivity index (χ1n) is 14.3. The average Bonchev–Trinajstić information content (AvgIpc) is 3.06. The highest BCUT2D eigenvalue weighted by Crippen LogP contribution is 2.52. The second-order valence-electron chi connectivity index (χ2n) is 12.3. The number of anilines is 1. The van der Waals surface area contributed by atoms with Gasteiger partial charge in [0.25, 0.3) is 5.91 Å². The number of halogens is 1. The van der Waals surface area contributed by atoms with Crippen molar-refractivity contribution in [1.29, 1.82) is 0 Å². The molecule has 7 nitrogen and oxygen atoms in total. The van der Waals surface area contributed by atoms with Crippen LogP contribution in [-0.4, -0.2) is 51.0 Å². The summed E-state index contributed by atoms with van der Waals surface area (Å²) in [4.78, 5) is 15.4. The number of nitrogens with zero attached hydrogens (tertiary/aromatic N) is 1. The number of fused-ring (bicyclic) bond motifs is 4. The van der Waals surface area contributed by atoms with Crippen molar-refractivity contribution in [3.63, 3.8) is 0 Å². The maximum atomic E-state index is 13.1. The lowest BCUT2D eigenvalue weighted by Gasteiger charge is -2.52. The number of aliphatic hydroxyl groups excluding tert-OH is 1. The van der Waals surface area contributed by atoms with Gasteiger partial charge >= 0.3 is 0 Å². The Balaban J connectivity index is 1.43. The van der Waals surface area contributed by atoms with Crippen LogP contribution in [0, 0.1) is 11.3 Å². The van der Waals surface area contributed by atoms with Gasteiger partial charge in [0.2, 0.25) is 10.0 Å². The lowest BCUT2D eigenvalue weighted by molar-refractivity contribution is -0.0695. The molecule has 2 aromatic rings. The third-order valence-corrected chi connectivity index (χ3v) is 11.3. The SMILES string of the molecule is C[C@]12CC[C@H]1CN1C[C@@]3(CCCc4cc(Cl)ccc43)COc3ccc(cc31)C(=O)NS(=O)(=O)CC/C=C/C[C@@H]2O. The molecular weight excluding hydrogens is 548 g/mol. The van der Waals surface area contributed by atoms with Crippen molar-refractivity contribution in [2.24, 2.45) is 11.3 Å². The zero-order chi connectivity index (χ0) is 28.1. The van der Waals surface area contributed by atoms with Gasteiger partial charge in [-0.3, -0.25) is 4.79 Å².